The topological polar surface area (TPSA) is 92.5 Å². The summed E-state index contributed by atoms with van der Waals surface area (Å²) in [6.45, 7) is 3.22. The standard InChI is InChI=1S/C13H17N3O4S/c1-9(12(20)15-5-2-3-6-15)16-7-4-10(17)14-13(16)21-8-11(18)19/h4,7,9H,2-3,5-6,8H2,1H3,(H,18,19). The van der Waals surface area contributed by atoms with Crippen LogP contribution < -0.4 is 5.56 Å². The quantitative estimate of drug-likeness (QED) is 0.632. The van der Waals surface area contributed by atoms with Crippen molar-refractivity contribution in [3.8, 4) is 0 Å². The van der Waals surface area contributed by atoms with Crippen LogP contribution >= 0.6 is 11.8 Å². The zero-order valence-electron chi connectivity index (χ0n) is 11.7. The van der Waals surface area contributed by atoms with E-state index >= 15 is 0 Å². The van der Waals surface area contributed by atoms with Gasteiger partial charge in [-0.2, -0.15) is 4.98 Å². The molecule has 0 aromatic carbocycles. The van der Waals surface area contributed by atoms with Crippen LogP contribution in [0.25, 0.3) is 0 Å². The number of nitrogens with zero attached hydrogens (tertiary/aromatic N) is 3. The van der Waals surface area contributed by atoms with E-state index in [1.54, 1.807) is 16.4 Å². The van der Waals surface area contributed by atoms with Gasteiger partial charge in [0.1, 0.15) is 6.04 Å². The van der Waals surface area contributed by atoms with Crippen molar-refractivity contribution in [2.75, 3.05) is 18.8 Å². The zero-order chi connectivity index (χ0) is 15.4. The Morgan fingerprint density at radius 1 is 1.43 bits per heavy atom. The van der Waals surface area contributed by atoms with E-state index in [9.17, 15) is 14.4 Å². The SMILES string of the molecule is CC(C(=O)N1CCCC1)n1ccc(=O)nc1SCC(=O)O. The van der Waals surface area contributed by atoms with Gasteiger partial charge in [-0.05, 0) is 19.8 Å². The van der Waals surface area contributed by atoms with Crippen molar-refractivity contribution in [2.45, 2.75) is 31.0 Å². The normalized spacial score (nSPS) is 16.0. The molecule has 2 heterocycles. The van der Waals surface area contributed by atoms with E-state index in [4.69, 9.17) is 5.11 Å². The van der Waals surface area contributed by atoms with Crippen molar-refractivity contribution in [3.05, 3.63) is 22.6 Å². The number of hydrogen-bond acceptors (Lipinski definition) is 5. The molecule has 1 amide bonds. The van der Waals surface area contributed by atoms with E-state index < -0.39 is 17.6 Å². The number of carbonyl (C=O) groups is 2. The van der Waals surface area contributed by atoms with Crippen LogP contribution in [0.4, 0.5) is 0 Å². The maximum atomic E-state index is 12.4. The van der Waals surface area contributed by atoms with E-state index in [1.165, 1.54) is 12.3 Å². The van der Waals surface area contributed by atoms with Crippen LogP contribution in [0, 0.1) is 0 Å². The molecule has 21 heavy (non-hydrogen) atoms. The molecule has 1 aliphatic heterocycles. The van der Waals surface area contributed by atoms with Gasteiger partial charge in [-0.25, -0.2) is 0 Å². The van der Waals surface area contributed by atoms with Crippen molar-refractivity contribution in [1.82, 2.24) is 14.5 Å². The molecule has 1 aromatic rings. The average Bonchev–Trinajstić information content (AvgIpc) is 2.97. The van der Waals surface area contributed by atoms with Crippen molar-refractivity contribution in [2.24, 2.45) is 0 Å². The fourth-order valence-corrected chi connectivity index (χ4v) is 3.02. The molecule has 1 unspecified atom stereocenters. The van der Waals surface area contributed by atoms with E-state index in [1.807, 2.05) is 0 Å². The van der Waals surface area contributed by atoms with Crippen molar-refractivity contribution in [3.63, 3.8) is 0 Å². The van der Waals surface area contributed by atoms with Crippen molar-refractivity contribution in [1.29, 1.82) is 0 Å². The smallest absolute Gasteiger partial charge is 0.313 e. The lowest BCUT2D eigenvalue weighted by Crippen LogP contribution is -2.35. The number of carboxylic acid groups (broad SMARTS) is 1. The maximum absolute atomic E-state index is 12.4. The third-order valence-electron chi connectivity index (χ3n) is 3.32. The highest BCUT2D eigenvalue weighted by atomic mass is 32.2. The Labute approximate surface area is 126 Å². The minimum absolute atomic E-state index is 0.0323. The lowest BCUT2D eigenvalue weighted by Gasteiger charge is -2.23. The molecular weight excluding hydrogens is 294 g/mol. The number of aromatic nitrogens is 2. The number of carboxylic acids is 1. The highest BCUT2D eigenvalue weighted by Crippen LogP contribution is 2.21. The average molecular weight is 311 g/mol. The monoisotopic (exact) mass is 311 g/mol. The van der Waals surface area contributed by atoms with Crippen LogP contribution in [0.3, 0.4) is 0 Å². The Hall–Kier alpha value is -1.83. The molecule has 0 radical (unpaired) electrons. The third-order valence-corrected chi connectivity index (χ3v) is 4.27. The van der Waals surface area contributed by atoms with E-state index in [0.717, 1.165) is 37.7 Å². The van der Waals surface area contributed by atoms with Gasteiger partial charge >= 0.3 is 5.97 Å². The molecular formula is C13H17N3O4S. The van der Waals surface area contributed by atoms with Gasteiger partial charge in [0.15, 0.2) is 5.16 Å². The van der Waals surface area contributed by atoms with E-state index in [0.29, 0.717) is 0 Å². The second-order valence-electron chi connectivity index (χ2n) is 4.85. The Morgan fingerprint density at radius 2 is 2.10 bits per heavy atom. The summed E-state index contributed by atoms with van der Waals surface area (Å²) in [7, 11) is 0. The van der Waals surface area contributed by atoms with Crippen LogP contribution in [-0.4, -0.2) is 50.3 Å². The minimum Gasteiger partial charge on any atom is -0.481 e. The predicted molar refractivity (Wildman–Crippen MR) is 77.4 cm³/mol. The lowest BCUT2D eigenvalue weighted by molar-refractivity contribution is -0.134. The number of thioether (sulfide) groups is 1. The zero-order valence-corrected chi connectivity index (χ0v) is 12.5. The van der Waals surface area contributed by atoms with Crippen molar-refractivity contribution < 1.29 is 14.7 Å². The number of aliphatic carboxylic acids is 1. The highest BCUT2D eigenvalue weighted by molar-refractivity contribution is 7.99. The maximum Gasteiger partial charge on any atom is 0.313 e. The summed E-state index contributed by atoms with van der Waals surface area (Å²) in [4.78, 5) is 40.0. The fourth-order valence-electron chi connectivity index (χ4n) is 2.25. The molecule has 0 bridgehead atoms. The first-order chi connectivity index (χ1) is 9.99. The summed E-state index contributed by atoms with van der Waals surface area (Å²) >= 11 is 0.939. The predicted octanol–water partition coefficient (Wildman–Crippen LogP) is 0.603. The van der Waals surface area contributed by atoms with E-state index in [-0.39, 0.29) is 16.8 Å². The number of carbonyl (C=O) groups excluding carboxylic acids is 1. The van der Waals surface area contributed by atoms with Gasteiger partial charge < -0.3 is 14.6 Å². The largest absolute Gasteiger partial charge is 0.481 e. The lowest BCUT2D eigenvalue weighted by atomic mass is 10.3. The summed E-state index contributed by atoms with van der Waals surface area (Å²) in [6.07, 6.45) is 3.50. The minimum atomic E-state index is -0.997. The Bertz CT molecular complexity index is 595. The molecule has 1 atom stereocenters. The van der Waals surface area contributed by atoms with Gasteiger partial charge in [0.25, 0.3) is 5.56 Å². The van der Waals surface area contributed by atoms with Gasteiger partial charge in [0.05, 0.1) is 5.75 Å². The Kier molecular flexibility index (Phi) is 5.00. The number of hydrogen-bond donors (Lipinski definition) is 1. The van der Waals surface area contributed by atoms with Gasteiger partial charge in [-0.15, -0.1) is 0 Å². The van der Waals surface area contributed by atoms with Crippen LogP contribution in [0.1, 0.15) is 25.8 Å². The van der Waals surface area contributed by atoms with Gasteiger partial charge in [-0.1, -0.05) is 11.8 Å². The summed E-state index contributed by atoms with van der Waals surface area (Å²) < 4.78 is 1.57. The molecule has 0 spiro atoms. The number of rotatable bonds is 5. The van der Waals surface area contributed by atoms with Crippen molar-refractivity contribution >= 4 is 23.6 Å². The summed E-state index contributed by atoms with van der Waals surface area (Å²) in [5.74, 6) is -1.24. The fraction of sp³-hybridized carbons (Fsp3) is 0.538. The Morgan fingerprint density at radius 3 is 2.71 bits per heavy atom. The second kappa shape index (κ2) is 6.75. The molecule has 114 valence electrons. The summed E-state index contributed by atoms with van der Waals surface area (Å²) in [5, 5.41) is 9.00. The van der Waals surface area contributed by atoms with Gasteiger partial charge in [0.2, 0.25) is 5.91 Å². The second-order valence-corrected chi connectivity index (χ2v) is 5.79. The van der Waals surface area contributed by atoms with Gasteiger partial charge in [0, 0.05) is 25.4 Å². The first-order valence-corrected chi connectivity index (χ1v) is 7.70. The molecule has 1 aromatic heterocycles. The molecule has 1 N–H and O–H groups in total. The molecule has 2 rings (SSSR count). The molecule has 1 fully saturated rings. The molecule has 8 heteroatoms. The van der Waals surface area contributed by atoms with Gasteiger partial charge in [-0.3, -0.25) is 14.4 Å². The first kappa shape index (κ1) is 15.6. The molecule has 0 saturated carbocycles. The molecule has 1 aliphatic rings. The number of likely N-dealkylation sites (tertiary alicyclic amines) is 1. The molecule has 1 saturated heterocycles. The van der Waals surface area contributed by atoms with Crippen LogP contribution in [-0.2, 0) is 9.59 Å². The van der Waals surface area contributed by atoms with Crippen LogP contribution in [0.5, 0.6) is 0 Å². The van der Waals surface area contributed by atoms with E-state index in [2.05, 4.69) is 4.98 Å². The molecule has 7 nitrogen and oxygen atoms in total. The van der Waals surface area contributed by atoms with Crippen LogP contribution in [0.2, 0.25) is 0 Å². The first-order valence-electron chi connectivity index (χ1n) is 6.71. The van der Waals surface area contributed by atoms with Crippen LogP contribution in [0.15, 0.2) is 22.2 Å². The third kappa shape index (κ3) is 3.84. The molecule has 0 aliphatic carbocycles. The highest BCUT2D eigenvalue weighted by Gasteiger charge is 2.25. The Balaban J connectivity index is 2.22. The summed E-state index contributed by atoms with van der Waals surface area (Å²) in [6, 6.07) is 0.769. The summed E-state index contributed by atoms with van der Waals surface area (Å²) in [5.41, 5.74) is -0.444. The number of amides is 1.